The number of aryl methyl sites for hydroxylation is 1. The maximum absolute atomic E-state index is 9.90. The van der Waals surface area contributed by atoms with Crippen molar-refractivity contribution < 1.29 is 14.9 Å². The van der Waals surface area contributed by atoms with Crippen molar-refractivity contribution in [3.05, 3.63) is 29.3 Å². The number of benzene rings is 1. The first-order chi connectivity index (χ1) is 8.04. The van der Waals surface area contributed by atoms with Crippen LogP contribution in [0.4, 0.5) is 0 Å². The van der Waals surface area contributed by atoms with Crippen LogP contribution < -0.4 is 4.74 Å². The van der Waals surface area contributed by atoms with Gasteiger partial charge in [0.15, 0.2) is 0 Å². The largest absolute Gasteiger partial charge is 0.491 e. The Morgan fingerprint density at radius 3 is 2.53 bits per heavy atom. The highest BCUT2D eigenvalue weighted by Gasteiger charge is 2.09. The van der Waals surface area contributed by atoms with E-state index in [1.807, 2.05) is 39.0 Å². The molecule has 0 fully saturated rings. The van der Waals surface area contributed by atoms with Crippen LogP contribution in [-0.2, 0) is 0 Å². The van der Waals surface area contributed by atoms with E-state index in [9.17, 15) is 5.11 Å². The maximum Gasteiger partial charge on any atom is 0.122 e. The second kappa shape index (κ2) is 6.62. The van der Waals surface area contributed by atoms with Crippen molar-refractivity contribution in [2.24, 2.45) is 0 Å². The van der Waals surface area contributed by atoms with Crippen LogP contribution in [0.2, 0.25) is 0 Å². The zero-order chi connectivity index (χ0) is 12.8. The van der Waals surface area contributed by atoms with Gasteiger partial charge < -0.3 is 14.9 Å². The molecule has 0 aliphatic rings. The number of rotatable bonds is 6. The number of ether oxygens (including phenoxy) is 1. The molecule has 96 valence electrons. The Kier molecular flexibility index (Phi) is 5.45. The van der Waals surface area contributed by atoms with E-state index in [2.05, 4.69) is 0 Å². The lowest BCUT2D eigenvalue weighted by atomic mass is 10.0. The number of hydrogen-bond donors (Lipinski definition) is 2. The highest BCUT2D eigenvalue weighted by Crippen LogP contribution is 2.25. The molecule has 1 atom stereocenters. The standard InChI is InChI=1S/C14H22O3/c1-10(2)17-14-7-6-12(9-11(14)3)13(16)5-4-8-15/h6-7,9-10,13,15-16H,4-5,8H2,1-3H3. The summed E-state index contributed by atoms with van der Waals surface area (Å²) in [5.74, 6) is 0.859. The van der Waals surface area contributed by atoms with Crippen molar-refractivity contribution in [1.29, 1.82) is 0 Å². The van der Waals surface area contributed by atoms with Gasteiger partial charge in [-0.3, -0.25) is 0 Å². The third-order valence-electron chi connectivity index (χ3n) is 2.58. The minimum atomic E-state index is -0.506. The Hall–Kier alpha value is -1.06. The molecule has 1 unspecified atom stereocenters. The molecule has 0 saturated carbocycles. The molecule has 0 radical (unpaired) electrons. The molecule has 3 heteroatoms. The lowest BCUT2D eigenvalue weighted by molar-refractivity contribution is 0.151. The van der Waals surface area contributed by atoms with Gasteiger partial charge in [-0.25, -0.2) is 0 Å². The Bertz CT molecular complexity index is 347. The predicted molar refractivity (Wildman–Crippen MR) is 68.2 cm³/mol. The summed E-state index contributed by atoms with van der Waals surface area (Å²) in [5, 5.41) is 18.6. The van der Waals surface area contributed by atoms with Crippen molar-refractivity contribution in [2.75, 3.05) is 6.61 Å². The normalized spacial score (nSPS) is 12.8. The van der Waals surface area contributed by atoms with E-state index in [0.29, 0.717) is 12.8 Å². The van der Waals surface area contributed by atoms with Crippen molar-refractivity contribution in [2.45, 2.75) is 45.8 Å². The smallest absolute Gasteiger partial charge is 0.122 e. The van der Waals surface area contributed by atoms with Crippen LogP contribution in [-0.4, -0.2) is 22.9 Å². The zero-order valence-electron chi connectivity index (χ0n) is 10.8. The summed E-state index contributed by atoms with van der Waals surface area (Å²) in [5.41, 5.74) is 1.91. The molecule has 1 aromatic rings. The fourth-order valence-corrected chi connectivity index (χ4v) is 1.72. The molecule has 0 heterocycles. The fourth-order valence-electron chi connectivity index (χ4n) is 1.72. The Morgan fingerprint density at radius 1 is 1.29 bits per heavy atom. The SMILES string of the molecule is Cc1cc(C(O)CCCO)ccc1OC(C)C. The first-order valence-electron chi connectivity index (χ1n) is 6.10. The van der Waals surface area contributed by atoms with E-state index in [1.165, 1.54) is 0 Å². The molecule has 0 aliphatic carbocycles. The lowest BCUT2D eigenvalue weighted by Crippen LogP contribution is -2.07. The molecule has 0 bridgehead atoms. The summed E-state index contributed by atoms with van der Waals surface area (Å²) in [6.07, 6.45) is 0.845. The lowest BCUT2D eigenvalue weighted by Gasteiger charge is -2.15. The minimum Gasteiger partial charge on any atom is -0.491 e. The van der Waals surface area contributed by atoms with Crippen LogP contribution in [0.3, 0.4) is 0 Å². The average molecular weight is 238 g/mol. The van der Waals surface area contributed by atoms with Gasteiger partial charge in [-0.2, -0.15) is 0 Å². The molecule has 0 aliphatic heterocycles. The molecule has 1 rings (SSSR count). The number of aliphatic hydroxyl groups is 2. The van der Waals surface area contributed by atoms with Crippen molar-refractivity contribution in [3.63, 3.8) is 0 Å². The van der Waals surface area contributed by atoms with Gasteiger partial charge in [0.2, 0.25) is 0 Å². The topological polar surface area (TPSA) is 49.7 Å². The van der Waals surface area contributed by atoms with Crippen molar-refractivity contribution in [3.8, 4) is 5.75 Å². The second-order valence-electron chi connectivity index (χ2n) is 4.57. The van der Waals surface area contributed by atoms with Crippen LogP contribution in [0.25, 0.3) is 0 Å². The average Bonchev–Trinajstić information content (AvgIpc) is 2.28. The summed E-state index contributed by atoms with van der Waals surface area (Å²) in [6, 6.07) is 5.72. The summed E-state index contributed by atoms with van der Waals surface area (Å²) in [4.78, 5) is 0. The Balaban J connectivity index is 2.73. The van der Waals surface area contributed by atoms with Crippen LogP contribution in [0.5, 0.6) is 5.75 Å². The van der Waals surface area contributed by atoms with Gasteiger partial charge >= 0.3 is 0 Å². The van der Waals surface area contributed by atoms with E-state index < -0.39 is 6.10 Å². The van der Waals surface area contributed by atoms with E-state index in [0.717, 1.165) is 16.9 Å². The van der Waals surface area contributed by atoms with Gasteiger partial charge in [-0.1, -0.05) is 6.07 Å². The maximum atomic E-state index is 9.90. The molecule has 17 heavy (non-hydrogen) atoms. The van der Waals surface area contributed by atoms with Crippen molar-refractivity contribution >= 4 is 0 Å². The van der Waals surface area contributed by atoms with E-state index in [1.54, 1.807) is 0 Å². The summed E-state index contributed by atoms with van der Waals surface area (Å²) in [6.45, 7) is 6.07. The molecule has 2 N–H and O–H groups in total. The van der Waals surface area contributed by atoms with Gasteiger partial charge in [0.05, 0.1) is 12.2 Å². The van der Waals surface area contributed by atoms with Crippen molar-refractivity contribution in [1.82, 2.24) is 0 Å². The Morgan fingerprint density at radius 2 is 2.00 bits per heavy atom. The monoisotopic (exact) mass is 238 g/mol. The molecule has 3 nitrogen and oxygen atoms in total. The minimum absolute atomic E-state index is 0.116. The first-order valence-corrected chi connectivity index (χ1v) is 6.10. The quantitative estimate of drug-likeness (QED) is 0.801. The van der Waals surface area contributed by atoms with E-state index >= 15 is 0 Å². The van der Waals surface area contributed by atoms with Crippen LogP contribution >= 0.6 is 0 Å². The number of aliphatic hydroxyl groups excluding tert-OH is 2. The molecule has 0 saturated heterocycles. The van der Waals surface area contributed by atoms with Crippen LogP contribution in [0.1, 0.15) is 43.9 Å². The second-order valence-corrected chi connectivity index (χ2v) is 4.57. The fraction of sp³-hybridized carbons (Fsp3) is 0.571. The summed E-state index contributed by atoms with van der Waals surface area (Å²) >= 11 is 0. The summed E-state index contributed by atoms with van der Waals surface area (Å²) < 4.78 is 5.64. The van der Waals surface area contributed by atoms with E-state index in [-0.39, 0.29) is 12.7 Å². The first kappa shape index (κ1) is 14.0. The van der Waals surface area contributed by atoms with Gasteiger partial charge in [-0.05, 0) is 56.9 Å². The molecule has 0 amide bonds. The molecule has 0 spiro atoms. The van der Waals surface area contributed by atoms with Gasteiger partial charge in [0.1, 0.15) is 5.75 Å². The van der Waals surface area contributed by atoms with Gasteiger partial charge in [-0.15, -0.1) is 0 Å². The predicted octanol–water partition coefficient (Wildman–Crippen LogP) is 2.59. The van der Waals surface area contributed by atoms with Crippen LogP contribution in [0, 0.1) is 6.92 Å². The van der Waals surface area contributed by atoms with Gasteiger partial charge in [0.25, 0.3) is 0 Å². The van der Waals surface area contributed by atoms with Gasteiger partial charge in [0, 0.05) is 6.61 Å². The number of hydrogen-bond acceptors (Lipinski definition) is 3. The molecule has 0 aromatic heterocycles. The highest BCUT2D eigenvalue weighted by atomic mass is 16.5. The Labute approximate surface area is 103 Å². The summed E-state index contributed by atoms with van der Waals surface area (Å²) in [7, 11) is 0. The third kappa shape index (κ3) is 4.36. The van der Waals surface area contributed by atoms with Crippen LogP contribution in [0.15, 0.2) is 18.2 Å². The zero-order valence-corrected chi connectivity index (χ0v) is 10.8. The molecular weight excluding hydrogens is 216 g/mol. The van der Waals surface area contributed by atoms with E-state index in [4.69, 9.17) is 9.84 Å². The third-order valence-corrected chi connectivity index (χ3v) is 2.58. The molecular formula is C14H22O3. The highest BCUT2D eigenvalue weighted by molar-refractivity contribution is 5.37. The molecule has 1 aromatic carbocycles.